The molecule has 1 aromatic heterocycles. The molecule has 15 nitrogen and oxygen atoms in total. The monoisotopic (exact) mass is 571 g/mol. The smallest absolute Gasteiger partial charge is 0.404 e. The zero-order chi connectivity index (χ0) is 28.2. The van der Waals surface area contributed by atoms with Gasteiger partial charge in [0.15, 0.2) is 5.71 Å². The van der Waals surface area contributed by atoms with Gasteiger partial charge in [0, 0.05) is 11.0 Å². The summed E-state index contributed by atoms with van der Waals surface area (Å²) >= 11 is 1.20. The van der Waals surface area contributed by atoms with Crippen molar-refractivity contribution in [1.29, 1.82) is 0 Å². The van der Waals surface area contributed by atoms with Gasteiger partial charge in [-0.3, -0.25) is 23.5 Å². The molecule has 1 aromatic rings. The van der Waals surface area contributed by atoms with Crippen LogP contribution in [0.5, 0.6) is 0 Å². The molecule has 1 fully saturated rings. The first kappa shape index (κ1) is 28.7. The van der Waals surface area contributed by atoms with Crippen LogP contribution in [-0.2, 0) is 49.0 Å². The van der Waals surface area contributed by atoms with E-state index < -0.39 is 70.9 Å². The molecule has 2 aliphatic heterocycles. The number of nitrogens with zero attached hydrogens (tertiary/aromatic N) is 3. The summed E-state index contributed by atoms with van der Waals surface area (Å²) in [4.78, 5) is 71.5. The lowest BCUT2D eigenvalue weighted by Gasteiger charge is -2.49. The minimum atomic E-state index is -1.83. The van der Waals surface area contributed by atoms with Gasteiger partial charge < -0.3 is 30.1 Å². The first-order chi connectivity index (χ1) is 17.9. The predicted octanol–water partition coefficient (Wildman–Crippen LogP) is -0.652. The normalized spacial score (nSPS) is 21.2. The largest absolute Gasteiger partial charge is 0.445 e. The number of ether oxygens (including phenoxy) is 3. The summed E-state index contributed by atoms with van der Waals surface area (Å²) in [6, 6.07) is -1.29. The summed E-state index contributed by atoms with van der Waals surface area (Å²) in [7, 11) is -0.608. The minimum Gasteiger partial charge on any atom is -0.445 e. The molecule has 3 atom stereocenters. The zero-order valence-electron chi connectivity index (χ0n) is 20.7. The van der Waals surface area contributed by atoms with Crippen LogP contribution in [0, 0.1) is 5.41 Å². The van der Waals surface area contributed by atoms with Gasteiger partial charge in [0.1, 0.15) is 36.5 Å². The highest BCUT2D eigenvalue weighted by atomic mass is 32.2. The number of aromatic nitrogens is 1. The van der Waals surface area contributed by atoms with Gasteiger partial charge in [0.2, 0.25) is 6.79 Å². The molecule has 38 heavy (non-hydrogen) atoms. The third-order valence-electron chi connectivity index (χ3n) is 5.14. The SMILES string of the molecule is CO/N=C(/C(=O)NC1C(=O)N2C(C(=O)OCOC(=O)C(C)(C)C)=C(COC(N)=O)CS(=O)[C@H]12)c1cscn1. The lowest BCUT2D eigenvalue weighted by molar-refractivity contribution is -0.173. The number of carbonyl (C=O) groups excluding carboxylic acids is 5. The zero-order valence-corrected chi connectivity index (χ0v) is 22.4. The number of carbonyl (C=O) groups is 5. The molecule has 3 amide bonds. The van der Waals surface area contributed by atoms with Gasteiger partial charge in [-0.1, -0.05) is 5.16 Å². The summed E-state index contributed by atoms with van der Waals surface area (Å²) in [5.41, 5.74) is 5.23. The van der Waals surface area contributed by atoms with Crippen LogP contribution in [0.4, 0.5) is 4.79 Å². The van der Waals surface area contributed by atoms with E-state index in [1.165, 1.54) is 24.0 Å². The van der Waals surface area contributed by atoms with E-state index >= 15 is 0 Å². The number of β-lactam (4-membered cyclic amide) rings is 1. The summed E-state index contributed by atoms with van der Waals surface area (Å²) in [6.45, 7) is 3.50. The maximum Gasteiger partial charge on any atom is 0.404 e. The van der Waals surface area contributed by atoms with E-state index in [4.69, 9.17) is 24.8 Å². The first-order valence-corrected chi connectivity index (χ1v) is 13.2. The Morgan fingerprint density at radius 3 is 2.55 bits per heavy atom. The standard InChI is InChI=1S/C21H25N5O10S2/c1-21(2,3)19(30)36-9-35-18(29)14-10(5-34-20(22)31)7-38(32)17-13(16(28)26(14)17)24-15(27)12(25-33-4)11-6-37-8-23-11/h6,8,13,17H,5,7,9H2,1-4H3,(H2,22,31)(H,24,27)/b25-12+/t13?,17-,38?/m1/s1. The number of nitrogens with one attached hydrogen (secondary N) is 1. The molecule has 0 spiro atoms. The van der Waals surface area contributed by atoms with Gasteiger partial charge in [-0.15, -0.1) is 11.3 Å². The van der Waals surface area contributed by atoms with Crippen LogP contribution < -0.4 is 11.1 Å². The highest BCUT2D eigenvalue weighted by molar-refractivity contribution is 7.86. The van der Waals surface area contributed by atoms with Crippen LogP contribution in [0.15, 0.2) is 27.3 Å². The minimum absolute atomic E-state index is 0.00670. The molecule has 0 bridgehead atoms. The van der Waals surface area contributed by atoms with Crippen LogP contribution in [0.3, 0.4) is 0 Å². The first-order valence-electron chi connectivity index (χ1n) is 10.9. The third kappa shape index (κ3) is 6.16. The number of primary amides is 1. The van der Waals surface area contributed by atoms with E-state index in [1.54, 1.807) is 26.2 Å². The van der Waals surface area contributed by atoms with Crippen molar-refractivity contribution in [2.24, 2.45) is 16.3 Å². The fourth-order valence-corrected chi connectivity index (χ4v) is 5.57. The van der Waals surface area contributed by atoms with E-state index in [2.05, 4.69) is 15.5 Å². The van der Waals surface area contributed by atoms with Gasteiger partial charge in [-0.25, -0.2) is 14.6 Å². The second-order valence-corrected chi connectivity index (χ2v) is 11.1. The van der Waals surface area contributed by atoms with E-state index in [0.29, 0.717) is 0 Å². The number of nitrogens with two attached hydrogens (primary N) is 1. The summed E-state index contributed by atoms with van der Waals surface area (Å²) in [5.74, 6) is -3.65. The van der Waals surface area contributed by atoms with Crippen molar-refractivity contribution >= 4 is 57.7 Å². The summed E-state index contributed by atoms with van der Waals surface area (Å²) in [6.07, 6.45) is -1.16. The van der Waals surface area contributed by atoms with Crippen molar-refractivity contribution in [3.63, 3.8) is 0 Å². The summed E-state index contributed by atoms with van der Waals surface area (Å²) < 4.78 is 27.7. The van der Waals surface area contributed by atoms with Crippen molar-refractivity contribution in [3.8, 4) is 0 Å². The van der Waals surface area contributed by atoms with Gasteiger partial charge in [0.25, 0.3) is 11.8 Å². The van der Waals surface area contributed by atoms with E-state index in [1.807, 2.05) is 0 Å². The van der Waals surface area contributed by atoms with Gasteiger partial charge in [-0.05, 0) is 20.8 Å². The lowest BCUT2D eigenvalue weighted by atomic mass is 9.98. The predicted molar refractivity (Wildman–Crippen MR) is 130 cm³/mol. The number of hydrogen-bond donors (Lipinski definition) is 2. The number of thiazole rings is 1. The summed E-state index contributed by atoms with van der Waals surface area (Å²) in [5, 5.41) is 6.49. The van der Waals surface area contributed by atoms with E-state index in [0.717, 1.165) is 4.90 Å². The third-order valence-corrected chi connectivity index (χ3v) is 7.38. The van der Waals surface area contributed by atoms with Crippen molar-refractivity contribution in [1.82, 2.24) is 15.2 Å². The molecule has 206 valence electrons. The Morgan fingerprint density at radius 1 is 1.26 bits per heavy atom. The van der Waals surface area contributed by atoms with Gasteiger partial charge >= 0.3 is 18.0 Å². The van der Waals surface area contributed by atoms with Crippen LogP contribution in [0.25, 0.3) is 0 Å². The molecule has 0 saturated carbocycles. The number of esters is 2. The average molecular weight is 572 g/mol. The van der Waals surface area contributed by atoms with Crippen LogP contribution in [0.2, 0.25) is 0 Å². The molecular weight excluding hydrogens is 546 g/mol. The number of fused-ring (bicyclic) bond motifs is 1. The Hall–Kier alpha value is -3.86. The van der Waals surface area contributed by atoms with Crippen LogP contribution in [-0.4, -0.2) is 87.3 Å². The Labute approximate surface area is 222 Å². The van der Waals surface area contributed by atoms with E-state index in [-0.39, 0.29) is 28.4 Å². The average Bonchev–Trinajstić information content (AvgIpc) is 3.37. The van der Waals surface area contributed by atoms with Crippen molar-refractivity contribution < 1.29 is 47.2 Å². The molecule has 3 rings (SSSR count). The maximum atomic E-state index is 13.1. The van der Waals surface area contributed by atoms with E-state index in [9.17, 15) is 28.2 Å². The van der Waals surface area contributed by atoms with Crippen molar-refractivity contribution in [2.75, 3.05) is 26.3 Å². The lowest BCUT2D eigenvalue weighted by Crippen LogP contribution is -2.74. The van der Waals surface area contributed by atoms with Crippen LogP contribution in [0.1, 0.15) is 26.5 Å². The number of rotatable bonds is 9. The molecule has 1 saturated heterocycles. The molecule has 0 aromatic carbocycles. The number of oxime groups is 1. The van der Waals surface area contributed by atoms with Gasteiger partial charge in [-0.2, -0.15) is 0 Å². The Balaban J connectivity index is 1.82. The van der Waals surface area contributed by atoms with Crippen molar-refractivity contribution in [2.45, 2.75) is 32.2 Å². The number of hydrogen-bond acceptors (Lipinski definition) is 13. The molecule has 0 aliphatic carbocycles. The Bertz CT molecular complexity index is 1220. The molecule has 17 heteroatoms. The maximum absolute atomic E-state index is 13.1. The second kappa shape index (κ2) is 11.7. The molecule has 2 aliphatic rings. The molecular formula is C21H25N5O10S2. The Kier molecular flexibility index (Phi) is 8.82. The topological polar surface area (TPSA) is 206 Å². The molecule has 3 heterocycles. The van der Waals surface area contributed by atoms with Crippen LogP contribution >= 0.6 is 11.3 Å². The Morgan fingerprint density at radius 2 is 1.97 bits per heavy atom. The highest BCUT2D eigenvalue weighted by Gasteiger charge is 2.57. The quantitative estimate of drug-likeness (QED) is 0.125. The fraction of sp³-hybridized carbons (Fsp3) is 0.476. The number of amides is 3. The second-order valence-electron chi connectivity index (χ2n) is 8.86. The fourth-order valence-electron chi connectivity index (χ4n) is 3.37. The molecule has 3 N–H and O–H groups in total. The molecule has 2 unspecified atom stereocenters. The highest BCUT2D eigenvalue weighted by Crippen LogP contribution is 2.35. The van der Waals surface area contributed by atoms with Gasteiger partial charge in [0.05, 0.1) is 27.5 Å². The van der Waals surface area contributed by atoms with Crippen molar-refractivity contribution in [3.05, 3.63) is 27.9 Å². The molecule has 0 radical (unpaired) electrons.